The number of hydrogen-bond donors (Lipinski definition) is 1. The van der Waals surface area contributed by atoms with Gasteiger partial charge in [0.2, 0.25) is 16.0 Å². The van der Waals surface area contributed by atoms with Crippen LogP contribution in [0.15, 0.2) is 22.4 Å². The van der Waals surface area contributed by atoms with E-state index in [-0.39, 0.29) is 22.9 Å². The van der Waals surface area contributed by atoms with Crippen LogP contribution in [0.3, 0.4) is 0 Å². The Bertz CT molecular complexity index is 952. The van der Waals surface area contributed by atoms with Gasteiger partial charge in [-0.3, -0.25) is 0 Å². The minimum absolute atomic E-state index is 0.000891. The van der Waals surface area contributed by atoms with Crippen LogP contribution in [0.25, 0.3) is 0 Å². The molecule has 0 atom stereocenters. The molecule has 0 spiro atoms. The molecule has 0 unspecified atom stereocenters. The minimum atomic E-state index is -3.77. The monoisotopic (exact) mass is 425 g/mol. The number of carbonyl (C=O) groups is 1. The molecule has 152 valence electrons. The summed E-state index contributed by atoms with van der Waals surface area (Å²) in [5, 5.41) is 4.76. The van der Waals surface area contributed by atoms with Crippen molar-refractivity contribution in [2.24, 2.45) is 0 Å². The number of methoxy groups -OCH3 is 1. The van der Waals surface area contributed by atoms with Gasteiger partial charge in [0, 0.05) is 44.5 Å². The topological polar surface area (TPSA) is 105 Å². The van der Waals surface area contributed by atoms with E-state index in [0.717, 1.165) is 29.4 Å². The standard InChI is InChI=1S/C17H23N5O4S2/c1-4-18-14-11-12(2)19-17(20-14)21-6-8-22(9-7-21)28(24,25)13-5-10-27-15(13)16(23)26-3/h5,10-11H,4,6-9H2,1-3H3,(H,18,19,20). The molecule has 0 radical (unpaired) electrons. The van der Waals surface area contributed by atoms with E-state index in [4.69, 9.17) is 4.74 Å². The second-order valence-electron chi connectivity index (χ2n) is 6.22. The second-order valence-corrected chi connectivity index (χ2v) is 9.04. The van der Waals surface area contributed by atoms with Crippen molar-refractivity contribution in [3.8, 4) is 0 Å². The maximum atomic E-state index is 13.0. The Balaban J connectivity index is 1.75. The van der Waals surface area contributed by atoms with Crippen molar-refractivity contribution in [1.29, 1.82) is 0 Å². The van der Waals surface area contributed by atoms with Gasteiger partial charge in [0.25, 0.3) is 0 Å². The minimum Gasteiger partial charge on any atom is -0.465 e. The van der Waals surface area contributed by atoms with Gasteiger partial charge in [-0.1, -0.05) is 0 Å². The van der Waals surface area contributed by atoms with Crippen LogP contribution in [0.1, 0.15) is 22.3 Å². The van der Waals surface area contributed by atoms with Gasteiger partial charge in [0.1, 0.15) is 15.6 Å². The van der Waals surface area contributed by atoms with E-state index >= 15 is 0 Å². The van der Waals surface area contributed by atoms with Gasteiger partial charge in [-0.15, -0.1) is 11.3 Å². The first kappa shape index (κ1) is 20.5. The third-order valence-electron chi connectivity index (χ3n) is 4.34. The number of piperazine rings is 1. The molecule has 1 aliphatic rings. The molecule has 0 amide bonds. The highest BCUT2D eigenvalue weighted by Crippen LogP contribution is 2.27. The van der Waals surface area contributed by atoms with Gasteiger partial charge in [0.05, 0.1) is 7.11 Å². The van der Waals surface area contributed by atoms with E-state index in [9.17, 15) is 13.2 Å². The molecule has 2 aromatic heterocycles. The summed E-state index contributed by atoms with van der Waals surface area (Å²) in [6.45, 7) is 6.15. The predicted octanol–water partition coefficient (Wildman–Crippen LogP) is 1.58. The predicted molar refractivity (Wildman–Crippen MR) is 108 cm³/mol. The summed E-state index contributed by atoms with van der Waals surface area (Å²) in [4.78, 5) is 22.9. The quantitative estimate of drug-likeness (QED) is 0.696. The van der Waals surface area contributed by atoms with Crippen molar-refractivity contribution in [3.63, 3.8) is 0 Å². The van der Waals surface area contributed by atoms with Crippen LogP contribution >= 0.6 is 11.3 Å². The van der Waals surface area contributed by atoms with Crippen LogP contribution in [0.5, 0.6) is 0 Å². The molecule has 11 heteroatoms. The number of nitrogens with one attached hydrogen (secondary N) is 1. The lowest BCUT2D eigenvalue weighted by Gasteiger charge is -2.34. The van der Waals surface area contributed by atoms with Crippen LogP contribution in [-0.4, -0.2) is 68.5 Å². The molecule has 28 heavy (non-hydrogen) atoms. The SMILES string of the molecule is CCNc1cc(C)nc(N2CCN(S(=O)(=O)c3ccsc3C(=O)OC)CC2)n1. The number of anilines is 2. The average Bonchev–Trinajstić information content (AvgIpc) is 3.18. The molecule has 1 fully saturated rings. The molecule has 0 saturated carbocycles. The first-order valence-corrected chi connectivity index (χ1v) is 11.2. The number of esters is 1. The molecule has 0 aromatic carbocycles. The highest BCUT2D eigenvalue weighted by atomic mass is 32.2. The zero-order chi connectivity index (χ0) is 20.3. The van der Waals surface area contributed by atoms with Gasteiger partial charge in [0.15, 0.2) is 0 Å². The van der Waals surface area contributed by atoms with Gasteiger partial charge >= 0.3 is 5.97 Å². The number of aryl methyl sites for hydroxylation is 1. The number of thiophene rings is 1. The highest BCUT2D eigenvalue weighted by molar-refractivity contribution is 7.89. The smallest absolute Gasteiger partial charge is 0.349 e. The zero-order valence-electron chi connectivity index (χ0n) is 16.0. The van der Waals surface area contributed by atoms with E-state index in [0.29, 0.717) is 19.0 Å². The Morgan fingerprint density at radius 3 is 2.64 bits per heavy atom. The number of rotatable bonds is 6. The molecular formula is C17H23N5O4S2. The molecule has 3 heterocycles. The zero-order valence-corrected chi connectivity index (χ0v) is 17.6. The van der Waals surface area contributed by atoms with Gasteiger partial charge < -0.3 is 15.0 Å². The molecule has 3 rings (SSSR count). The average molecular weight is 426 g/mol. The molecule has 1 aliphatic heterocycles. The number of ether oxygens (including phenoxy) is 1. The first-order valence-electron chi connectivity index (χ1n) is 8.87. The number of sulfonamides is 1. The van der Waals surface area contributed by atoms with Crippen molar-refractivity contribution < 1.29 is 17.9 Å². The molecule has 2 aromatic rings. The summed E-state index contributed by atoms with van der Waals surface area (Å²) in [6.07, 6.45) is 0. The van der Waals surface area contributed by atoms with Crippen molar-refractivity contribution in [3.05, 3.63) is 28.1 Å². The summed E-state index contributed by atoms with van der Waals surface area (Å²) >= 11 is 1.06. The van der Waals surface area contributed by atoms with Crippen molar-refractivity contribution >= 4 is 39.1 Å². The van der Waals surface area contributed by atoms with Crippen LogP contribution in [0.2, 0.25) is 0 Å². The second kappa shape index (κ2) is 8.41. The Hall–Kier alpha value is -2.24. The lowest BCUT2D eigenvalue weighted by Crippen LogP contribution is -2.49. The summed E-state index contributed by atoms with van der Waals surface area (Å²) in [5.41, 5.74) is 0.844. The highest BCUT2D eigenvalue weighted by Gasteiger charge is 2.33. The lowest BCUT2D eigenvalue weighted by molar-refractivity contribution is 0.0602. The van der Waals surface area contributed by atoms with E-state index < -0.39 is 16.0 Å². The number of nitrogens with zero attached hydrogens (tertiary/aromatic N) is 4. The fraction of sp³-hybridized carbons (Fsp3) is 0.471. The maximum Gasteiger partial charge on any atom is 0.349 e. The van der Waals surface area contributed by atoms with Gasteiger partial charge in [-0.2, -0.15) is 9.29 Å². The van der Waals surface area contributed by atoms with Gasteiger partial charge in [-0.25, -0.2) is 18.2 Å². The van der Waals surface area contributed by atoms with Gasteiger partial charge in [-0.05, 0) is 25.3 Å². The molecule has 0 bridgehead atoms. The van der Waals surface area contributed by atoms with Crippen molar-refractivity contribution in [1.82, 2.24) is 14.3 Å². The Morgan fingerprint density at radius 2 is 2.00 bits per heavy atom. The molecule has 1 N–H and O–H groups in total. The van der Waals surface area contributed by atoms with Crippen LogP contribution in [0, 0.1) is 6.92 Å². The van der Waals surface area contributed by atoms with Crippen LogP contribution < -0.4 is 10.2 Å². The number of aromatic nitrogens is 2. The first-order chi connectivity index (χ1) is 13.4. The fourth-order valence-electron chi connectivity index (χ4n) is 2.98. The third kappa shape index (κ3) is 4.10. The fourth-order valence-corrected chi connectivity index (χ4v) is 5.71. The molecule has 9 nitrogen and oxygen atoms in total. The molecule has 0 aliphatic carbocycles. The summed E-state index contributed by atoms with van der Waals surface area (Å²) in [7, 11) is -2.54. The van der Waals surface area contributed by atoms with Crippen LogP contribution in [-0.2, 0) is 14.8 Å². The largest absolute Gasteiger partial charge is 0.465 e. The van der Waals surface area contributed by atoms with E-state index in [2.05, 4.69) is 15.3 Å². The summed E-state index contributed by atoms with van der Waals surface area (Å²) in [6, 6.07) is 3.32. The Morgan fingerprint density at radius 1 is 1.29 bits per heavy atom. The normalized spacial score (nSPS) is 15.5. The van der Waals surface area contributed by atoms with E-state index in [1.807, 2.05) is 24.8 Å². The maximum absolute atomic E-state index is 13.0. The number of carbonyl (C=O) groups excluding carboxylic acids is 1. The summed E-state index contributed by atoms with van der Waals surface area (Å²) < 4.78 is 32.1. The number of hydrogen-bond acceptors (Lipinski definition) is 9. The summed E-state index contributed by atoms with van der Waals surface area (Å²) in [5.74, 6) is 0.691. The van der Waals surface area contributed by atoms with E-state index in [1.165, 1.54) is 17.5 Å². The van der Waals surface area contributed by atoms with Crippen LogP contribution in [0.4, 0.5) is 11.8 Å². The molecule has 1 saturated heterocycles. The Labute approximate surface area is 168 Å². The Kier molecular flexibility index (Phi) is 6.16. The van der Waals surface area contributed by atoms with Crippen molar-refractivity contribution in [2.45, 2.75) is 18.7 Å². The third-order valence-corrected chi connectivity index (χ3v) is 7.30. The van der Waals surface area contributed by atoms with E-state index in [1.54, 1.807) is 5.38 Å². The lowest BCUT2D eigenvalue weighted by atomic mass is 10.3. The molecular weight excluding hydrogens is 402 g/mol. The van der Waals surface area contributed by atoms with Crippen molar-refractivity contribution in [2.75, 3.05) is 50.1 Å².